The minimum atomic E-state index is -6.23. The first-order chi connectivity index (χ1) is 7.48. The van der Waals surface area contributed by atoms with Crippen LogP contribution in [0.3, 0.4) is 0 Å². The van der Waals surface area contributed by atoms with Crippen LogP contribution in [0.25, 0.3) is 0 Å². The van der Waals surface area contributed by atoms with Crippen molar-refractivity contribution in [3.63, 3.8) is 0 Å². The quantitative estimate of drug-likeness (QED) is 0.471. The number of aliphatic hydroxyl groups is 1. The van der Waals surface area contributed by atoms with Crippen LogP contribution in [0.1, 0.15) is 0 Å². The molecule has 0 bridgehead atoms. The van der Waals surface area contributed by atoms with Crippen molar-refractivity contribution in [1.29, 1.82) is 0 Å². The minimum absolute atomic E-state index is 0.405. The minimum Gasteiger partial charge on any atom is -0.461 e. The molecule has 0 spiro atoms. The van der Waals surface area contributed by atoms with Gasteiger partial charge >= 0.3 is 23.9 Å². The van der Waals surface area contributed by atoms with Crippen LogP contribution in [0.5, 0.6) is 0 Å². The van der Waals surface area contributed by atoms with Crippen molar-refractivity contribution >= 4 is 5.97 Å². The van der Waals surface area contributed by atoms with Gasteiger partial charge in [-0.25, -0.2) is 4.79 Å². The van der Waals surface area contributed by atoms with Crippen molar-refractivity contribution in [2.24, 2.45) is 0 Å². The summed E-state index contributed by atoms with van der Waals surface area (Å²) in [5, 5.41) is 8.49. The van der Waals surface area contributed by atoms with Crippen molar-refractivity contribution in [2.45, 2.75) is 18.0 Å². The molecule has 0 unspecified atom stereocenters. The van der Waals surface area contributed by atoms with Crippen LogP contribution >= 0.6 is 0 Å². The van der Waals surface area contributed by atoms with E-state index in [0.717, 1.165) is 7.11 Å². The van der Waals surface area contributed by atoms with Gasteiger partial charge in [0.25, 0.3) is 0 Å². The van der Waals surface area contributed by atoms with Gasteiger partial charge in [0.15, 0.2) is 0 Å². The molecule has 102 valence electrons. The molecule has 0 aliphatic carbocycles. The number of methoxy groups -OCH3 is 1. The van der Waals surface area contributed by atoms with E-state index in [2.05, 4.69) is 9.47 Å². The second-order valence-corrected chi connectivity index (χ2v) is 2.83. The van der Waals surface area contributed by atoms with Crippen molar-refractivity contribution in [1.82, 2.24) is 0 Å². The lowest BCUT2D eigenvalue weighted by molar-refractivity contribution is -0.357. The molecule has 0 aromatic rings. The molecule has 1 N–H and O–H groups in total. The number of ether oxygens (including phenoxy) is 2. The average molecular weight is 270 g/mol. The van der Waals surface area contributed by atoms with E-state index < -0.39 is 37.1 Å². The molecular formula is C7H8F6O4. The molecular weight excluding hydrogens is 262 g/mol. The Morgan fingerprint density at radius 2 is 1.47 bits per heavy atom. The van der Waals surface area contributed by atoms with Gasteiger partial charge in [-0.1, -0.05) is 0 Å². The highest BCUT2D eigenvalue weighted by Crippen LogP contribution is 2.43. The smallest absolute Gasteiger partial charge is 0.437 e. The molecule has 0 amide bonds. The van der Waals surface area contributed by atoms with Crippen molar-refractivity contribution in [2.75, 3.05) is 20.3 Å². The van der Waals surface area contributed by atoms with Gasteiger partial charge < -0.3 is 14.6 Å². The molecule has 0 radical (unpaired) electrons. The van der Waals surface area contributed by atoms with Crippen molar-refractivity contribution in [3.8, 4) is 0 Å². The van der Waals surface area contributed by atoms with Crippen LogP contribution in [0.2, 0.25) is 0 Å². The first-order valence-corrected chi connectivity index (χ1v) is 4.00. The maximum Gasteiger partial charge on any atom is 0.437 e. The third-order valence-electron chi connectivity index (χ3n) is 1.64. The zero-order valence-corrected chi connectivity index (χ0v) is 8.35. The lowest BCUT2D eigenvalue weighted by atomic mass is 10.0. The van der Waals surface area contributed by atoms with E-state index in [9.17, 15) is 31.1 Å². The molecule has 0 heterocycles. The first kappa shape index (κ1) is 16.0. The van der Waals surface area contributed by atoms with Gasteiger partial charge in [-0.15, -0.1) is 0 Å². The molecule has 0 fully saturated rings. The molecule has 10 heteroatoms. The predicted octanol–water partition coefficient (Wildman–Crippen LogP) is 1.03. The number of halogens is 6. The highest BCUT2D eigenvalue weighted by atomic mass is 19.4. The molecule has 17 heavy (non-hydrogen) atoms. The summed E-state index contributed by atoms with van der Waals surface area (Å²) in [6.45, 7) is -1.25. The molecule has 0 atom stereocenters. The molecule has 0 saturated carbocycles. The Labute approximate surface area is 91.1 Å². The largest absolute Gasteiger partial charge is 0.461 e. The molecule has 0 aliphatic rings. The average Bonchev–Trinajstić information content (AvgIpc) is 2.13. The topological polar surface area (TPSA) is 55.8 Å². The number of hydrogen-bond acceptors (Lipinski definition) is 4. The third-order valence-corrected chi connectivity index (χ3v) is 1.64. The van der Waals surface area contributed by atoms with Crippen LogP contribution in [0, 0.1) is 0 Å². The number of carbonyl (C=O) groups excluding carboxylic acids is 1. The Balaban J connectivity index is 5.03. The second kappa shape index (κ2) is 5.08. The number of hydrogen-bond donors (Lipinski definition) is 1. The standard InChI is InChI=1S/C7H8F6O4/c1-16-2-3-17-4(14)5(15,6(8,9)10)7(11,12)13/h15H,2-3H2,1H3. The van der Waals surface area contributed by atoms with Crippen LogP contribution in [0.15, 0.2) is 0 Å². The summed E-state index contributed by atoms with van der Waals surface area (Å²) in [5.41, 5.74) is -5.53. The van der Waals surface area contributed by atoms with E-state index in [4.69, 9.17) is 5.11 Å². The van der Waals surface area contributed by atoms with E-state index in [1.54, 1.807) is 0 Å². The summed E-state index contributed by atoms with van der Waals surface area (Å²) in [5.74, 6) is -2.84. The van der Waals surface area contributed by atoms with Gasteiger partial charge in [-0.2, -0.15) is 26.3 Å². The number of alkyl halides is 6. The first-order valence-electron chi connectivity index (χ1n) is 4.00. The zero-order valence-electron chi connectivity index (χ0n) is 8.35. The van der Waals surface area contributed by atoms with Gasteiger partial charge in [-0.3, -0.25) is 0 Å². The fourth-order valence-corrected chi connectivity index (χ4v) is 0.714. The Kier molecular flexibility index (Phi) is 4.78. The maximum atomic E-state index is 12.1. The molecule has 4 nitrogen and oxygen atoms in total. The zero-order chi connectivity index (χ0) is 13.9. The van der Waals surface area contributed by atoms with Gasteiger partial charge in [-0.05, 0) is 0 Å². The SMILES string of the molecule is COCCOC(=O)C(O)(C(F)(F)F)C(F)(F)F. The monoisotopic (exact) mass is 270 g/mol. The summed E-state index contributed by atoms with van der Waals surface area (Å²) in [4.78, 5) is 10.7. The van der Waals surface area contributed by atoms with Crippen LogP contribution in [0.4, 0.5) is 26.3 Å². The second-order valence-electron chi connectivity index (χ2n) is 2.83. The summed E-state index contributed by atoms with van der Waals surface area (Å²) in [7, 11) is 1.09. The van der Waals surface area contributed by atoms with Gasteiger partial charge in [0, 0.05) is 7.11 Å². The lowest BCUT2D eigenvalue weighted by Crippen LogP contribution is -2.63. The van der Waals surface area contributed by atoms with E-state index in [1.807, 2.05) is 0 Å². The Morgan fingerprint density at radius 3 is 1.76 bits per heavy atom. The van der Waals surface area contributed by atoms with Gasteiger partial charge in [0.2, 0.25) is 0 Å². The fourth-order valence-electron chi connectivity index (χ4n) is 0.714. The summed E-state index contributed by atoms with van der Waals surface area (Å²) < 4.78 is 80.2. The highest BCUT2D eigenvalue weighted by molar-refractivity contribution is 5.81. The Morgan fingerprint density at radius 1 is 1.06 bits per heavy atom. The van der Waals surface area contributed by atoms with Gasteiger partial charge in [0.1, 0.15) is 6.61 Å². The lowest BCUT2D eigenvalue weighted by Gasteiger charge is -2.29. The van der Waals surface area contributed by atoms with E-state index in [1.165, 1.54) is 0 Å². The summed E-state index contributed by atoms with van der Waals surface area (Å²) in [6, 6.07) is 0. The predicted molar refractivity (Wildman–Crippen MR) is 39.9 cm³/mol. The fraction of sp³-hybridized carbons (Fsp3) is 0.857. The third kappa shape index (κ3) is 3.22. The summed E-state index contributed by atoms with van der Waals surface area (Å²) >= 11 is 0. The number of rotatable bonds is 4. The van der Waals surface area contributed by atoms with E-state index >= 15 is 0 Å². The van der Waals surface area contributed by atoms with Crippen LogP contribution in [-0.2, 0) is 14.3 Å². The molecule has 0 rings (SSSR count). The Bertz CT molecular complexity index is 257. The van der Waals surface area contributed by atoms with Crippen molar-refractivity contribution in [3.05, 3.63) is 0 Å². The summed E-state index contributed by atoms with van der Waals surface area (Å²) in [6.07, 6.45) is -12.5. The van der Waals surface area contributed by atoms with Crippen LogP contribution in [-0.4, -0.2) is 49.4 Å². The normalized spacial score (nSPS) is 13.6. The Hall–Kier alpha value is -1.03. The molecule has 0 saturated heterocycles. The van der Waals surface area contributed by atoms with Crippen molar-refractivity contribution < 1.29 is 45.7 Å². The van der Waals surface area contributed by atoms with E-state index in [-0.39, 0.29) is 0 Å². The maximum absolute atomic E-state index is 12.1. The van der Waals surface area contributed by atoms with E-state index in [0.29, 0.717) is 0 Å². The molecule has 0 aromatic carbocycles. The van der Waals surface area contributed by atoms with Gasteiger partial charge in [0.05, 0.1) is 6.61 Å². The van der Waals surface area contributed by atoms with Crippen LogP contribution < -0.4 is 0 Å². The number of esters is 1. The molecule has 0 aliphatic heterocycles. The highest BCUT2D eigenvalue weighted by Gasteiger charge is 2.76. The number of carbonyl (C=O) groups is 1. The molecule has 0 aromatic heterocycles.